The standard InChI is InChI=1S/C18H25NO5/c1-13(18(21)19-14-6-4-3-5-7-14)24-17(20)12-23-16-10-8-15(22-2)9-11-16/h8-11,13-14H,3-7,12H2,1-2H3,(H,19,21)/t13-/m0/s1. The molecule has 1 N–H and O–H groups in total. The number of hydrogen-bond acceptors (Lipinski definition) is 5. The van der Waals surface area contributed by atoms with Crippen molar-refractivity contribution in [2.75, 3.05) is 13.7 Å². The number of carbonyl (C=O) groups is 2. The summed E-state index contributed by atoms with van der Waals surface area (Å²) in [6, 6.07) is 7.07. The number of benzene rings is 1. The first kappa shape index (κ1) is 18.1. The molecule has 6 heteroatoms. The van der Waals surface area contributed by atoms with Gasteiger partial charge in [0.15, 0.2) is 12.7 Å². The molecule has 0 radical (unpaired) electrons. The van der Waals surface area contributed by atoms with Crippen molar-refractivity contribution >= 4 is 11.9 Å². The van der Waals surface area contributed by atoms with Crippen LogP contribution in [0.5, 0.6) is 11.5 Å². The van der Waals surface area contributed by atoms with E-state index in [0.29, 0.717) is 11.5 Å². The lowest BCUT2D eigenvalue weighted by atomic mass is 9.95. The molecule has 132 valence electrons. The Kier molecular flexibility index (Phi) is 6.90. The Labute approximate surface area is 142 Å². The van der Waals surface area contributed by atoms with Gasteiger partial charge in [0.2, 0.25) is 0 Å². The molecule has 0 aliphatic heterocycles. The predicted octanol–water partition coefficient (Wildman–Crippen LogP) is 2.45. The number of hydrogen-bond donors (Lipinski definition) is 1. The Balaban J connectivity index is 1.70. The maximum atomic E-state index is 12.0. The highest BCUT2D eigenvalue weighted by atomic mass is 16.6. The van der Waals surface area contributed by atoms with E-state index in [4.69, 9.17) is 14.2 Å². The van der Waals surface area contributed by atoms with E-state index in [1.165, 1.54) is 6.42 Å². The molecule has 1 aromatic carbocycles. The third-order valence-electron chi connectivity index (χ3n) is 4.05. The lowest BCUT2D eigenvalue weighted by molar-refractivity contribution is -0.156. The summed E-state index contributed by atoms with van der Waals surface area (Å²) in [7, 11) is 1.58. The summed E-state index contributed by atoms with van der Waals surface area (Å²) in [5.74, 6) is 0.418. The van der Waals surface area contributed by atoms with Crippen molar-refractivity contribution in [2.24, 2.45) is 0 Å². The van der Waals surface area contributed by atoms with Gasteiger partial charge in [0.05, 0.1) is 7.11 Å². The number of esters is 1. The molecule has 1 aliphatic carbocycles. The Morgan fingerprint density at radius 1 is 1.12 bits per heavy atom. The summed E-state index contributed by atoms with van der Waals surface area (Å²) >= 11 is 0. The fourth-order valence-electron chi connectivity index (χ4n) is 2.66. The lowest BCUT2D eigenvalue weighted by Gasteiger charge is -2.24. The van der Waals surface area contributed by atoms with E-state index < -0.39 is 12.1 Å². The van der Waals surface area contributed by atoms with Crippen molar-refractivity contribution in [3.63, 3.8) is 0 Å². The summed E-state index contributed by atoms with van der Waals surface area (Å²) < 4.78 is 15.5. The third-order valence-corrected chi connectivity index (χ3v) is 4.05. The van der Waals surface area contributed by atoms with Gasteiger partial charge in [-0.3, -0.25) is 4.79 Å². The number of rotatable bonds is 7. The van der Waals surface area contributed by atoms with Gasteiger partial charge in [-0.1, -0.05) is 19.3 Å². The SMILES string of the molecule is COc1ccc(OCC(=O)O[C@@H](C)C(=O)NC2CCCCC2)cc1. The second-order valence-corrected chi connectivity index (χ2v) is 5.94. The molecule has 1 amide bonds. The van der Waals surface area contributed by atoms with Gasteiger partial charge in [-0.05, 0) is 44.0 Å². The van der Waals surface area contributed by atoms with Crippen molar-refractivity contribution in [1.82, 2.24) is 5.32 Å². The van der Waals surface area contributed by atoms with Gasteiger partial charge in [-0.15, -0.1) is 0 Å². The highest BCUT2D eigenvalue weighted by molar-refractivity contribution is 5.83. The average molecular weight is 335 g/mol. The zero-order valence-electron chi connectivity index (χ0n) is 14.2. The molecule has 1 saturated carbocycles. The van der Waals surface area contributed by atoms with Crippen molar-refractivity contribution in [1.29, 1.82) is 0 Å². The molecule has 1 aromatic rings. The first-order valence-corrected chi connectivity index (χ1v) is 8.35. The molecular weight excluding hydrogens is 310 g/mol. The van der Waals surface area contributed by atoms with Crippen LogP contribution in [0.4, 0.5) is 0 Å². The zero-order valence-corrected chi connectivity index (χ0v) is 14.2. The van der Waals surface area contributed by atoms with Gasteiger partial charge in [0, 0.05) is 6.04 Å². The molecule has 0 saturated heterocycles. The monoisotopic (exact) mass is 335 g/mol. The molecule has 0 aromatic heterocycles. The fraction of sp³-hybridized carbons (Fsp3) is 0.556. The van der Waals surface area contributed by atoms with Crippen LogP contribution in [-0.2, 0) is 14.3 Å². The summed E-state index contributed by atoms with van der Waals surface area (Å²) in [4.78, 5) is 23.8. The molecule has 1 fully saturated rings. The number of carbonyl (C=O) groups excluding carboxylic acids is 2. The van der Waals surface area contributed by atoms with Gasteiger partial charge < -0.3 is 19.5 Å². The number of ether oxygens (including phenoxy) is 3. The summed E-state index contributed by atoms with van der Waals surface area (Å²) in [5.41, 5.74) is 0. The van der Waals surface area contributed by atoms with Crippen molar-refractivity contribution in [3.05, 3.63) is 24.3 Å². The molecule has 24 heavy (non-hydrogen) atoms. The van der Waals surface area contributed by atoms with Crippen LogP contribution in [-0.4, -0.2) is 37.7 Å². The molecule has 1 aliphatic rings. The van der Waals surface area contributed by atoms with Crippen molar-refractivity contribution in [3.8, 4) is 11.5 Å². The van der Waals surface area contributed by atoms with E-state index in [2.05, 4.69) is 5.32 Å². The Bertz CT molecular complexity index is 537. The maximum Gasteiger partial charge on any atom is 0.344 e. The van der Waals surface area contributed by atoms with Crippen molar-refractivity contribution < 1.29 is 23.8 Å². The van der Waals surface area contributed by atoms with Crippen LogP contribution in [0.2, 0.25) is 0 Å². The number of nitrogens with one attached hydrogen (secondary N) is 1. The van der Waals surface area contributed by atoms with Gasteiger partial charge in [-0.25, -0.2) is 4.79 Å². The van der Waals surface area contributed by atoms with E-state index in [0.717, 1.165) is 25.7 Å². The molecular formula is C18H25NO5. The van der Waals surface area contributed by atoms with Crippen LogP contribution in [0.15, 0.2) is 24.3 Å². The maximum absolute atomic E-state index is 12.0. The third kappa shape index (κ3) is 5.76. The largest absolute Gasteiger partial charge is 0.497 e. The molecule has 1 atom stereocenters. The molecule has 0 unspecified atom stereocenters. The Hall–Kier alpha value is -2.24. The summed E-state index contributed by atoms with van der Waals surface area (Å²) in [6.45, 7) is 1.33. The second kappa shape index (κ2) is 9.15. The van der Waals surface area contributed by atoms with E-state index in [1.807, 2.05) is 0 Å². The topological polar surface area (TPSA) is 73.9 Å². The van der Waals surface area contributed by atoms with Crippen molar-refractivity contribution in [2.45, 2.75) is 51.2 Å². The quantitative estimate of drug-likeness (QED) is 0.775. The van der Waals surface area contributed by atoms with E-state index >= 15 is 0 Å². The fourth-order valence-corrected chi connectivity index (χ4v) is 2.66. The van der Waals surface area contributed by atoms with E-state index in [9.17, 15) is 9.59 Å². The molecule has 0 bridgehead atoms. The second-order valence-electron chi connectivity index (χ2n) is 5.94. The Morgan fingerprint density at radius 2 is 1.75 bits per heavy atom. The number of methoxy groups -OCH3 is 1. The molecule has 0 heterocycles. The van der Waals surface area contributed by atoms with Crippen LogP contribution in [0, 0.1) is 0 Å². The summed E-state index contributed by atoms with van der Waals surface area (Å²) in [6.07, 6.45) is 4.65. The Morgan fingerprint density at radius 3 is 2.38 bits per heavy atom. The first-order chi connectivity index (χ1) is 11.6. The van der Waals surface area contributed by atoms with Gasteiger partial charge in [0.25, 0.3) is 5.91 Å². The predicted molar refractivity (Wildman–Crippen MR) is 89.1 cm³/mol. The van der Waals surface area contributed by atoms with E-state index in [1.54, 1.807) is 38.3 Å². The van der Waals surface area contributed by atoms with Crippen LogP contribution in [0.1, 0.15) is 39.0 Å². The lowest BCUT2D eigenvalue weighted by Crippen LogP contribution is -2.43. The highest BCUT2D eigenvalue weighted by Gasteiger charge is 2.22. The first-order valence-electron chi connectivity index (χ1n) is 8.35. The molecule has 0 spiro atoms. The molecule has 2 rings (SSSR count). The number of amides is 1. The van der Waals surface area contributed by atoms with E-state index in [-0.39, 0.29) is 18.6 Å². The zero-order chi connectivity index (χ0) is 17.4. The van der Waals surface area contributed by atoms with Crippen LogP contribution in [0.25, 0.3) is 0 Å². The minimum absolute atomic E-state index is 0.197. The van der Waals surface area contributed by atoms with Crippen LogP contribution >= 0.6 is 0 Å². The summed E-state index contributed by atoms with van der Waals surface area (Å²) in [5, 5.41) is 2.94. The minimum Gasteiger partial charge on any atom is -0.497 e. The average Bonchev–Trinajstić information content (AvgIpc) is 2.61. The highest BCUT2D eigenvalue weighted by Crippen LogP contribution is 2.18. The normalized spacial score (nSPS) is 16.1. The smallest absolute Gasteiger partial charge is 0.344 e. The van der Waals surface area contributed by atoms with Gasteiger partial charge >= 0.3 is 5.97 Å². The molecule has 6 nitrogen and oxygen atoms in total. The van der Waals surface area contributed by atoms with Crippen LogP contribution in [0.3, 0.4) is 0 Å². The van der Waals surface area contributed by atoms with Gasteiger partial charge in [-0.2, -0.15) is 0 Å². The minimum atomic E-state index is -0.820. The van der Waals surface area contributed by atoms with Crippen LogP contribution < -0.4 is 14.8 Å². The van der Waals surface area contributed by atoms with Gasteiger partial charge in [0.1, 0.15) is 11.5 Å².